The van der Waals surface area contributed by atoms with Crippen LogP contribution in [0.5, 0.6) is 5.88 Å². The van der Waals surface area contributed by atoms with Gasteiger partial charge in [-0.1, -0.05) is 23.9 Å². The summed E-state index contributed by atoms with van der Waals surface area (Å²) in [5, 5.41) is 4.03. The second kappa shape index (κ2) is 6.19. The number of rotatable bonds is 4. The Morgan fingerprint density at radius 3 is 3.00 bits per heavy atom. The topological polar surface area (TPSA) is 85.1 Å². The zero-order valence-corrected chi connectivity index (χ0v) is 12.5. The van der Waals surface area contributed by atoms with Crippen molar-refractivity contribution in [2.24, 2.45) is 0 Å². The first-order valence-electron chi connectivity index (χ1n) is 6.70. The molecule has 0 saturated carbocycles. The number of nitrogens with zero attached hydrogens (tertiary/aromatic N) is 2. The molecule has 0 unspecified atom stereocenters. The van der Waals surface area contributed by atoms with Gasteiger partial charge in [0, 0.05) is 19.5 Å². The Morgan fingerprint density at radius 2 is 2.19 bits per heavy atom. The molecule has 0 aliphatic carbocycles. The lowest BCUT2D eigenvalue weighted by atomic mass is 10.1. The monoisotopic (exact) mass is 303 g/mol. The molecule has 0 bridgehead atoms. The molecule has 0 amide bonds. The Balaban J connectivity index is 1.86. The van der Waals surface area contributed by atoms with Crippen molar-refractivity contribution < 1.29 is 4.84 Å². The maximum absolute atomic E-state index is 5.89. The van der Waals surface area contributed by atoms with Crippen LogP contribution < -0.4 is 21.4 Å². The van der Waals surface area contributed by atoms with Crippen LogP contribution in [0.4, 0.5) is 11.4 Å². The van der Waals surface area contributed by atoms with Crippen LogP contribution in [0, 0.1) is 0 Å². The summed E-state index contributed by atoms with van der Waals surface area (Å²) < 4.78 is 0. The van der Waals surface area contributed by atoms with E-state index in [0.29, 0.717) is 23.3 Å². The van der Waals surface area contributed by atoms with E-state index in [1.807, 2.05) is 30.5 Å². The van der Waals surface area contributed by atoms with Gasteiger partial charge in [0.15, 0.2) is 5.16 Å². The fourth-order valence-electron chi connectivity index (χ4n) is 2.16. The van der Waals surface area contributed by atoms with E-state index in [0.717, 1.165) is 29.9 Å². The molecule has 1 aromatic heterocycles. The quantitative estimate of drug-likeness (QED) is 0.344. The Hall–Kier alpha value is -1.99. The van der Waals surface area contributed by atoms with E-state index in [-0.39, 0.29) is 0 Å². The lowest BCUT2D eigenvalue weighted by Crippen LogP contribution is -2.26. The number of hydrogen-bond acceptors (Lipinski definition) is 7. The van der Waals surface area contributed by atoms with Crippen molar-refractivity contribution in [1.29, 1.82) is 0 Å². The molecular weight excluding hydrogens is 286 g/mol. The van der Waals surface area contributed by atoms with Crippen LogP contribution in [-0.2, 0) is 13.0 Å². The van der Waals surface area contributed by atoms with Gasteiger partial charge in [-0.25, -0.2) is 10.5 Å². The van der Waals surface area contributed by atoms with E-state index in [2.05, 4.69) is 20.8 Å². The highest BCUT2D eigenvalue weighted by Gasteiger charge is 2.19. The smallest absolute Gasteiger partial charge is 0.254 e. The molecule has 0 fully saturated rings. The summed E-state index contributed by atoms with van der Waals surface area (Å²) in [4.78, 5) is 14.7. The number of anilines is 2. The summed E-state index contributed by atoms with van der Waals surface area (Å²) in [5.74, 6) is 0.555. The summed E-state index contributed by atoms with van der Waals surface area (Å²) in [6.45, 7) is 1.64. The molecule has 1 aliphatic rings. The summed E-state index contributed by atoms with van der Waals surface area (Å²) in [6, 6.07) is 7.45. The molecule has 2 aromatic rings. The summed E-state index contributed by atoms with van der Waals surface area (Å²) in [5.41, 5.74) is 12.2. The van der Waals surface area contributed by atoms with Gasteiger partial charge in [-0.3, -0.25) is 0 Å². The van der Waals surface area contributed by atoms with Crippen LogP contribution in [0.2, 0.25) is 0 Å². The fourth-order valence-corrected chi connectivity index (χ4v) is 2.53. The van der Waals surface area contributed by atoms with Gasteiger partial charge in [0.2, 0.25) is 0 Å². The van der Waals surface area contributed by atoms with Crippen molar-refractivity contribution in [2.45, 2.75) is 18.1 Å². The maximum Gasteiger partial charge on any atom is 0.254 e. The van der Waals surface area contributed by atoms with Gasteiger partial charge in [-0.2, -0.15) is 4.98 Å². The molecule has 1 aromatic carbocycles. The molecule has 3 rings (SSSR count). The van der Waals surface area contributed by atoms with Crippen LogP contribution >= 0.6 is 11.8 Å². The normalized spacial score (nSPS) is 13.6. The number of para-hydroxylation sites is 2. The van der Waals surface area contributed by atoms with Crippen molar-refractivity contribution in [3.8, 4) is 5.88 Å². The second-order valence-electron chi connectivity index (χ2n) is 4.66. The highest BCUT2D eigenvalue weighted by Crippen LogP contribution is 2.26. The highest BCUT2D eigenvalue weighted by molar-refractivity contribution is 7.98. The van der Waals surface area contributed by atoms with Gasteiger partial charge in [0.25, 0.3) is 5.88 Å². The third kappa shape index (κ3) is 3.03. The van der Waals surface area contributed by atoms with Crippen LogP contribution in [-0.4, -0.2) is 22.8 Å². The van der Waals surface area contributed by atoms with Crippen LogP contribution in [0.1, 0.15) is 11.3 Å². The van der Waals surface area contributed by atoms with Gasteiger partial charge in [0.05, 0.1) is 22.6 Å². The number of hydrogen-bond donors (Lipinski definition) is 3. The van der Waals surface area contributed by atoms with E-state index in [1.54, 1.807) is 0 Å². The Bertz CT molecular complexity index is 649. The van der Waals surface area contributed by atoms with Crippen molar-refractivity contribution in [3.05, 3.63) is 35.5 Å². The standard InChI is InChI=1S/C14H17N5OS/c1-21-14-17-11-6-7-16-8-9(11)13(18-14)20-19-12-5-3-2-4-10(12)15/h2-5,16,19H,6-8,15H2,1H3. The largest absolute Gasteiger partial charge is 0.397 e. The van der Waals surface area contributed by atoms with Gasteiger partial charge in [-0.05, 0) is 18.4 Å². The van der Waals surface area contributed by atoms with Gasteiger partial charge in [0.1, 0.15) is 0 Å². The van der Waals surface area contributed by atoms with Gasteiger partial charge >= 0.3 is 0 Å². The van der Waals surface area contributed by atoms with Gasteiger partial charge in [-0.15, -0.1) is 0 Å². The van der Waals surface area contributed by atoms with Crippen LogP contribution in [0.25, 0.3) is 0 Å². The van der Waals surface area contributed by atoms with E-state index in [9.17, 15) is 0 Å². The molecule has 0 atom stereocenters. The number of benzene rings is 1. The number of nitrogens with two attached hydrogens (primary N) is 1. The van der Waals surface area contributed by atoms with Crippen molar-refractivity contribution >= 4 is 23.1 Å². The summed E-state index contributed by atoms with van der Waals surface area (Å²) >= 11 is 1.51. The number of thioether (sulfide) groups is 1. The first kappa shape index (κ1) is 14.0. The lowest BCUT2D eigenvalue weighted by Gasteiger charge is -2.19. The third-order valence-corrected chi connectivity index (χ3v) is 3.82. The molecular formula is C14H17N5OS. The minimum atomic E-state index is 0.555. The number of nitrogens with one attached hydrogen (secondary N) is 2. The van der Waals surface area contributed by atoms with Crippen molar-refractivity contribution in [3.63, 3.8) is 0 Å². The van der Waals surface area contributed by atoms with Crippen molar-refractivity contribution in [1.82, 2.24) is 15.3 Å². The molecule has 7 heteroatoms. The Kier molecular flexibility index (Phi) is 4.12. The number of aromatic nitrogens is 2. The van der Waals surface area contributed by atoms with Crippen LogP contribution in [0.15, 0.2) is 29.4 Å². The summed E-state index contributed by atoms with van der Waals surface area (Å²) in [7, 11) is 0. The minimum Gasteiger partial charge on any atom is -0.397 e. The van der Waals surface area contributed by atoms with Crippen molar-refractivity contribution in [2.75, 3.05) is 24.0 Å². The average molecular weight is 303 g/mol. The third-order valence-electron chi connectivity index (χ3n) is 3.28. The predicted molar refractivity (Wildman–Crippen MR) is 84.3 cm³/mol. The van der Waals surface area contributed by atoms with E-state index in [1.165, 1.54) is 11.8 Å². The zero-order chi connectivity index (χ0) is 14.7. The molecule has 0 radical (unpaired) electrons. The average Bonchev–Trinajstić information content (AvgIpc) is 2.53. The second-order valence-corrected chi connectivity index (χ2v) is 5.43. The van der Waals surface area contributed by atoms with Crippen LogP contribution in [0.3, 0.4) is 0 Å². The van der Waals surface area contributed by atoms with E-state index >= 15 is 0 Å². The fraction of sp³-hybridized carbons (Fsp3) is 0.286. The first-order chi connectivity index (χ1) is 10.3. The Morgan fingerprint density at radius 1 is 1.33 bits per heavy atom. The molecule has 1 aliphatic heterocycles. The van der Waals surface area contributed by atoms with E-state index < -0.39 is 0 Å². The van der Waals surface area contributed by atoms with E-state index in [4.69, 9.17) is 10.6 Å². The molecule has 6 nitrogen and oxygen atoms in total. The predicted octanol–water partition coefficient (Wildman–Crippen LogP) is 1.83. The minimum absolute atomic E-state index is 0.555. The molecule has 0 spiro atoms. The Labute approximate surface area is 127 Å². The SMILES string of the molecule is CSc1nc2c(c(ONc3ccccc3N)n1)CNCC2. The van der Waals surface area contributed by atoms with Gasteiger partial charge < -0.3 is 15.9 Å². The maximum atomic E-state index is 5.89. The number of fused-ring (bicyclic) bond motifs is 1. The summed E-state index contributed by atoms with van der Waals surface area (Å²) in [6.07, 6.45) is 2.84. The first-order valence-corrected chi connectivity index (χ1v) is 7.92. The molecule has 2 heterocycles. The number of nitrogen functional groups attached to an aromatic ring is 1. The molecule has 110 valence electrons. The molecule has 21 heavy (non-hydrogen) atoms. The zero-order valence-electron chi connectivity index (χ0n) is 11.7. The molecule has 0 saturated heterocycles. The molecule has 4 N–H and O–H groups in total. The lowest BCUT2D eigenvalue weighted by molar-refractivity contribution is 0.372. The highest BCUT2D eigenvalue weighted by atomic mass is 32.2.